The maximum absolute atomic E-state index is 10.9. The molecule has 4 heteroatoms. The van der Waals surface area contributed by atoms with Crippen LogP contribution in [0.2, 0.25) is 0 Å². The third-order valence-electron chi connectivity index (χ3n) is 1.37. The lowest BCUT2D eigenvalue weighted by molar-refractivity contribution is 0.493. The standard InChI is InChI=1S/C7H3IO3/c8-6-4-1-2-10-3-5(4)11-7(6)9/h1-3H. The average Bonchev–Trinajstić information content (AvgIpc) is 2.30. The highest BCUT2D eigenvalue weighted by atomic mass is 127. The van der Waals surface area contributed by atoms with Gasteiger partial charge in [-0.25, -0.2) is 4.79 Å². The van der Waals surface area contributed by atoms with Crippen molar-refractivity contribution in [3.8, 4) is 11.3 Å². The van der Waals surface area contributed by atoms with E-state index >= 15 is 0 Å². The Morgan fingerprint density at radius 3 is 3.00 bits per heavy atom. The van der Waals surface area contributed by atoms with E-state index in [0.29, 0.717) is 9.33 Å². The molecule has 2 rings (SSSR count). The lowest BCUT2D eigenvalue weighted by Gasteiger charge is -1.90. The first-order chi connectivity index (χ1) is 5.29. The van der Waals surface area contributed by atoms with Crippen LogP contribution in [0.1, 0.15) is 0 Å². The molecule has 0 bridgehead atoms. The van der Waals surface area contributed by atoms with Crippen molar-refractivity contribution in [2.45, 2.75) is 0 Å². The van der Waals surface area contributed by atoms with E-state index in [1.165, 1.54) is 12.5 Å². The largest absolute Gasteiger partial charge is 0.469 e. The number of halogens is 1. The summed E-state index contributed by atoms with van der Waals surface area (Å²) >= 11 is 1.95. The predicted molar refractivity (Wildman–Crippen MR) is 46.6 cm³/mol. The zero-order chi connectivity index (χ0) is 7.84. The van der Waals surface area contributed by atoms with Gasteiger partial charge in [0.05, 0.1) is 6.26 Å². The molecule has 0 fully saturated rings. The summed E-state index contributed by atoms with van der Waals surface area (Å²) < 4.78 is 10.3. The van der Waals surface area contributed by atoms with E-state index in [2.05, 4.69) is 0 Å². The third-order valence-corrected chi connectivity index (χ3v) is 2.39. The van der Waals surface area contributed by atoms with Gasteiger partial charge in [-0.15, -0.1) is 0 Å². The molecule has 0 saturated heterocycles. The molecule has 0 aromatic rings. The first-order valence-corrected chi connectivity index (χ1v) is 4.01. The number of fused-ring (bicyclic) bond motifs is 1. The van der Waals surface area contributed by atoms with Crippen LogP contribution in [0.3, 0.4) is 0 Å². The number of rotatable bonds is 0. The van der Waals surface area contributed by atoms with Gasteiger partial charge in [0.25, 0.3) is 0 Å². The Labute approximate surface area is 75.5 Å². The Kier molecular flexibility index (Phi) is 1.49. The summed E-state index contributed by atoms with van der Waals surface area (Å²) in [7, 11) is 0. The summed E-state index contributed by atoms with van der Waals surface area (Å²) in [5.74, 6) is 0.502. The fourth-order valence-electron chi connectivity index (χ4n) is 0.869. The van der Waals surface area contributed by atoms with Crippen molar-refractivity contribution in [3.63, 3.8) is 0 Å². The second-order valence-electron chi connectivity index (χ2n) is 2.04. The molecule has 2 aliphatic rings. The molecule has 56 valence electrons. The van der Waals surface area contributed by atoms with Crippen LogP contribution in [0.5, 0.6) is 0 Å². The van der Waals surface area contributed by atoms with Gasteiger partial charge >= 0.3 is 5.63 Å². The summed E-state index contributed by atoms with van der Waals surface area (Å²) in [6, 6.07) is 1.71. The number of hydrogen-bond donors (Lipinski definition) is 0. The molecule has 11 heavy (non-hydrogen) atoms. The van der Waals surface area contributed by atoms with Crippen molar-refractivity contribution in [2.24, 2.45) is 0 Å². The van der Waals surface area contributed by atoms with E-state index in [1.807, 2.05) is 22.6 Å². The topological polar surface area (TPSA) is 43.4 Å². The fourth-order valence-corrected chi connectivity index (χ4v) is 1.42. The Morgan fingerprint density at radius 2 is 2.27 bits per heavy atom. The van der Waals surface area contributed by atoms with Crippen LogP contribution in [0.15, 0.2) is 32.2 Å². The van der Waals surface area contributed by atoms with Gasteiger partial charge in [-0.1, -0.05) is 0 Å². The molecule has 0 aromatic carbocycles. The smallest absolute Gasteiger partial charge is 0.350 e. The Morgan fingerprint density at radius 1 is 1.45 bits per heavy atom. The Hall–Kier alpha value is -0.780. The first-order valence-electron chi connectivity index (χ1n) is 2.93. The highest BCUT2D eigenvalue weighted by Gasteiger charge is 2.14. The molecule has 0 aliphatic carbocycles. The van der Waals surface area contributed by atoms with E-state index < -0.39 is 0 Å². The fraction of sp³-hybridized carbons (Fsp3) is 0. The molecule has 0 saturated carbocycles. The highest BCUT2D eigenvalue weighted by Crippen LogP contribution is 2.24. The molecule has 2 aliphatic heterocycles. The number of hydrogen-bond acceptors (Lipinski definition) is 3. The lowest BCUT2D eigenvalue weighted by Crippen LogP contribution is -1.93. The predicted octanol–water partition coefficient (Wildman–Crippen LogP) is 1.94. The maximum Gasteiger partial charge on any atom is 0.350 e. The summed E-state index contributed by atoms with van der Waals surface area (Å²) in [5, 5.41) is 0. The van der Waals surface area contributed by atoms with Crippen molar-refractivity contribution in [2.75, 3.05) is 0 Å². The van der Waals surface area contributed by atoms with Crippen molar-refractivity contribution in [3.05, 3.63) is 32.6 Å². The normalized spacial score (nSPS) is 10.6. The molecule has 0 unspecified atom stereocenters. The molecular formula is C7H3IO3. The quantitative estimate of drug-likeness (QED) is 0.681. The minimum absolute atomic E-state index is 0.304. The third kappa shape index (κ3) is 0.973. The average molecular weight is 262 g/mol. The minimum atomic E-state index is -0.304. The molecule has 0 spiro atoms. The number of furan rings is 1. The molecule has 0 radical (unpaired) electrons. The lowest BCUT2D eigenvalue weighted by atomic mass is 10.2. The Bertz CT molecular complexity index is 401. The van der Waals surface area contributed by atoms with Gasteiger partial charge in [-0.2, -0.15) is 0 Å². The Balaban J connectivity index is 2.91. The van der Waals surface area contributed by atoms with Gasteiger partial charge in [0.1, 0.15) is 9.83 Å². The van der Waals surface area contributed by atoms with Gasteiger partial charge in [0, 0.05) is 5.56 Å². The highest BCUT2D eigenvalue weighted by molar-refractivity contribution is 14.1. The monoisotopic (exact) mass is 262 g/mol. The van der Waals surface area contributed by atoms with E-state index in [1.54, 1.807) is 6.07 Å². The van der Waals surface area contributed by atoms with Crippen LogP contribution in [-0.2, 0) is 0 Å². The summed E-state index contributed by atoms with van der Waals surface area (Å²) in [6.45, 7) is 0. The molecule has 0 aromatic heterocycles. The van der Waals surface area contributed by atoms with E-state index in [-0.39, 0.29) is 5.63 Å². The van der Waals surface area contributed by atoms with Crippen molar-refractivity contribution in [1.82, 2.24) is 0 Å². The molecular weight excluding hydrogens is 259 g/mol. The second-order valence-corrected chi connectivity index (χ2v) is 3.12. The van der Waals surface area contributed by atoms with Gasteiger partial charge in [0.15, 0.2) is 5.76 Å². The van der Waals surface area contributed by atoms with Gasteiger partial charge in [-0.05, 0) is 28.7 Å². The zero-order valence-electron chi connectivity index (χ0n) is 5.33. The van der Waals surface area contributed by atoms with Crippen molar-refractivity contribution < 1.29 is 8.83 Å². The summed E-state index contributed by atoms with van der Waals surface area (Å²) in [4.78, 5) is 10.9. The van der Waals surface area contributed by atoms with E-state index in [9.17, 15) is 4.79 Å². The van der Waals surface area contributed by atoms with Gasteiger partial charge in [-0.3, -0.25) is 0 Å². The van der Waals surface area contributed by atoms with Crippen LogP contribution < -0.4 is 5.63 Å². The minimum Gasteiger partial charge on any atom is -0.469 e. The van der Waals surface area contributed by atoms with Crippen molar-refractivity contribution >= 4 is 22.6 Å². The SMILES string of the molecule is O=c1oc2coccc-2c1I. The van der Waals surface area contributed by atoms with Gasteiger partial charge in [0.2, 0.25) is 0 Å². The maximum atomic E-state index is 10.9. The van der Waals surface area contributed by atoms with Crippen LogP contribution in [-0.4, -0.2) is 0 Å². The van der Waals surface area contributed by atoms with Crippen LogP contribution >= 0.6 is 22.6 Å². The van der Waals surface area contributed by atoms with Crippen LogP contribution in [0.4, 0.5) is 0 Å². The molecule has 2 heterocycles. The van der Waals surface area contributed by atoms with Crippen LogP contribution in [0.25, 0.3) is 11.3 Å². The van der Waals surface area contributed by atoms with Crippen LogP contribution in [0, 0.1) is 3.57 Å². The molecule has 0 amide bonds. The zero-order valence-corrected chi connectivity index (χ0v) is 7.49. The molecule has 0 N–H and O–H groups in total. The molecule has 0 atom stereocenters. The molecule has 3 nitrogen and oxygen atoms in total. The summed E-state index contributed by atoms with van der Waals surface area (Å²) in [5.41, 5.74) is 0.504. The van der Waals surface area contributed by atoms with E-state index in [0.717, 1.165) is 5.56 Å². The summed E-state index contributed by atoms with van der Waals surface area (Å²) in [6.07, 6.45) is 2.93. The van der Waals surface area contributed by atoms with Gasteiger partial charge < -0.3 is 8.83 Å². The van der Waals surface area contributed by atoms with E-state index in [4.69, 9.17) is 8.83 Å². The second kappa shape index (κ2) is 2.37. The first kappa shape index (κ1) is 6.90. The van der Waals surface area contributed by atoms with Crippen molar-refractivity contribution in [1.29, 1.82) is 0 Å².